The summed E-state index contributed by atoms with van der Waals surface area (Å²) in [5, 5.41) is 3.10. The molecule has 0 radical (unpaired) electrons. The zero-order chi connectivity index (χ0) is 15.9. The van der Waals surface area contributed by atoms with Gasteiger partial charge in [0.2, 0.25) is 5.91 Å². The zero-order valence-corrected chi connectivity index (χ0v) is 13.4. The number of fused-ring (bicyclic) bond motifs is 2. The molecule has 3 heteroatoms. The summed E-state index contributed by atoms with van der Waals surface area (Å²) in [4.78, 5) is 12.6. The van der Waals surface area contributed by atoms with Gasteiger partial charge < -0.3 is 10.1 Å². The molecule has 0 atom stereocenters. The Labute approximate surface area is 136 Å². The van der Waals surface area contributed by atoms with Crippen molar-refractivity contribution in [2.24, 2.45) is 0 Å². The summed E-state index contributed by atoms with van der Waals surface area (Å²) in [6.07, 6.45) is 5.44. The number of anilines is 1. The highest BCUT2D eigenvalue weighted by molar-refractivity contribution is 6.06. The Kier molecular flexibility index (Phi) is 3.37. The number of rotatable bonds is 2. The van der Waals surface area contributed by atoms with Crippen molar-refractivity contribution in [3.05, 3.63) is 48.0 Å². The van der Waals surface area contributed by atoms with Crippen molar-refractivity contribution in [3.63, 3.8) is 0 Å². The minimum absolute atomic E-state index is 0.190. The molecular weight excluding hydrogens is 286 g/mol. The molecule has 1 amide bonds. The first-order chi connectivity index (χ1) is 11.2. The van der Waals surface area contributed by atoms with Crippen molar-refractivity contribution >= 4 is 11.6 Å². The van der Waals surface area contributed by atoms with Gasteiger partial charge in [0.05, 0.1) is 12.5 Å². The second-order valence-electron chi connectivity index (χ2n) is 6.59. The molecule has 3 nitrogen and oxygen atoms in total. The fourth-order valence-electron chi connectivity index (χ4n) is 4.05. The van der Waals surface area contributed by atoms with E-state index < -0.39 is 0 Å². The summed E-state index contributed by atoms with van der Waals surface area (Å²) in [5.74, 6) is 1.04. The number of methoxy groups -OCH3 is 1. The van der Waals surface area contributed by atoms with Crippen LogP contribution in [0.25, 0.3) is 11.1 Å². The van der Waals surface area contributed by atoms with Crippen molar-refractivity contribution in [1.29, 1.82) is 0 Å². The van der Waals surface area contributed by atoms with Crippen LogP contribution in [-0.2, 0) is 10.2 Å². The van der Waals surface area contributed by atoms with Crippen LogP contribution in [0, 0.1) is 0 Å². The van der Waals surface area contributed by atoms with Crippen LogP contribution in [0.1, 0.15) is 37.7 Å². The Morgan fingerprint density at radius 1 is 1.00 bits per heavy atom. The van der Waals surface area contributed by atoms with Crippen molar-refractivity contribution in [2.45, 2.75) is 37.5 Å². The number of carbonyl (C=O) groups is 1. The van der Waals surface area contributed by atoms with Crippen LogP contribution in [0.4, 0.5) is 5.69 Å². The van der Waals surface area contributed by atoms with Crippen LogP contribution in [0.5, 0.6) is 5.75 Å². The lowest BCUT2D eigenvalue weighted by Gasteiger charge is -2.31. The number of carbonyl (C=O) groups excluding carboxylic acids is 1. The van der Waals surface area contributed by atoms with Gasteiger partial charge in [0, 0.05) is 5.69 Å². The van der Waals surface area contributed by atoms with E-state index in [1.54, 1.807) is 7.11 Å². The second kappa shape index (κ2) is 5.41. The fourth-order valence-corrected chi connectivity index (χ4v) is 4.05. The maximum absolute atomic E-state index is 12.6. The summed E-state index contributed by atoms with van der Waals surface area (Å²) in [6.45, 7) is 0. The van der Waals surface area contributed by atoms with Gasteiger partial charge in [-0.25, -0.2) is 0 Å². The van der Waals surface area contributed by atoms with Gasteiger partial charge in [0.1, 0.15) is 5.75 Å². The third kappa shape index (κ3) is 2.23. The number of hydrogen-bond donors (Lipinski definition) is 1. The summed E-state index contributed by atoms with van der Waals surface area (Å²) >= 11 is 0. The van der Waals surface area contributed by atoms with E-state index in [2.05, 4.69) is 23.5 Å². The van der Waals surface area contributed by atoms with Crippen molar-refractivity contribution < 1.29 is 9.53 Å². The summed E-state index contributed by atoms with van der Waals surface area (Å²) < 4.78 is 5.33. The molecule has 2 aromatic rings. The van der Waals surface area contributed by atoms with Gasteiger partial charge in [-0.15, -0.1) is 0 Å². The fraction of sp³-hybridized carbons (Fsp3) is 0.350. The minimum Gasteiger partial charge on any atom is -0.497 e. The highest BCUT2D eigenvalue weighted by Crippen LogP contribution is 2.48. The van der Waals surface area contributed by atoms with Gasteiger partial charge in [-0.2, -0.15) is 0 Å². The first-order valence-corrected chi connectivity index (χ1v) is 8.33. The molecule has 4 rings (SSSR count). The smallest absolute Gasteiger partial charge is 0.235 e. The first kappa shape index (κ1) is 14.3. The molecule has 1 fully saturated rings. The van der Waals surface area contributed by atoms with Crippen LogP contribution in [0.3, 0.4) is 0 Å². The lowest BCUT2D eigenvalue weighted by Crippen LogP contribution is -2.36. The molecule has 0 saturated heterocycles. The van der Waals surface area contributed by atoms with E-state index in [4.69, 9.17) is 4.74 Å². The van der Waals surface area contributed by atoms with Gasteiger partial charge >= 0.3 is 0 Å². The lowest BCUT2D eigenvalue weighted by molar-refractivity contribution is -0.121. The molecule has 1 aliphatic carbocycles. The maximum atomic E-state index is 12.6. The molecule has 2 aromatic carbocycles. The van der Waals surface area contributed by atoms with E-state index in [0.717, 1.165) is 48.2 Å². The van der Waals surface area contributed by atoms with E-state index in [1.165, 1.54) is 12.0 Å². The van der Waals surface area contributed by atoms with Gasteiger partial charge in [0.25, 0.3) is 0 Å². The molecule has 1 heterocycles. The first-order valence-electron chi connectivity index (χ1n) is 8.33. The average molecular weight is 307 g/mol. The third-order valence-corrected chi connectivity index (χ3v) is 5.33. The van der Waals surface area contributed by atoms with E-state index >= 15 is 0 Å². The Morgan fingerprint density at radius 3 is 2.57 bits per heavy atom. The molecule has 1 saturated carbocycles. The van der Waals surface area contributed by atoms with Crippen LogP contribution in [0.2, 0.25) is 0 Å². The van der Waals surface area contributed by atoms with Crippen LogP contribution in [-0.4, -0.2) is 13.0 Å². The Morgan fingerprint density at radius 2 is 1.78 bits per heavy atom. The van der Waals surface area contributed by atoms with E-state index in [9.17, 15) is 4.79 Å². The van der Waals surface area contributed by atoms with E-state index in [1.807, 2.05) is 24.3 Å². The molecule has 0 unspecified atom stereocenters. The van der Waals surface area contributed by atoms with Crippen LogP contribution >= 0.6 is 0 Å². The number of amides is 1. The molecule has 23 heavy (non-hydrogen) atoms. The zero-order valence-electron chi connectivity index (χ0n) is 13.4. The predicted molar refractivity (Wildman–Crippen MR) is 91.8 cm³/mol. The Hall–Kier alpha value is -2.29. The normalized spacial score (nSPS) is 18.6. The van der Waals surface area contributed by atoms with E-state index in [-0.39, 0.29) is 11.3 Å². The monoisotopic (exact) mass is 307 g/mol. The maximum Gasteiger partial charge on any atom is 0.235 e. The van der Waals surface area contributed by atoms with Gasteiger partial charge in [0.15, 0.2) is 0 Å². The largest absolute Gasteiger partial charge is 0.497 e. The number of hydrogen-bond acceptors (Lipinski definition) is 2. The van der Waals surface area contributed by atoms with Crippen molar-refractivity contribution in [3.8, 4) is 16.9 Å². The molecule has 1 spiro atoms. The third-order valence-electron chi connectivity index (χ3n) is 5.33. The molecule has 1 N–H and O–H groups in total. The topological polar surface area (TPSA) is 38.3 Å². The summed E-state index contributed by atoms with van der Waals surface area (Å²) in [5.41, 5.74) is 4.13. The van der Waals surface area contributed by atoms with E-state index in [0.29, 0.717) is 0 Å². The summed E-state index contributed by atoms with van der Waals surface area (Å²) in [6, 6.07) is 14.4. The number of benzene rings is 2. The number of ether oxygens (including phenoxy) is 1. The number of nitrogens with one attached hydrogen (secondary N) is 1. The van der Waals surface area contributed by atoms with Gasteiger partial charge in [-0.1, -0.05) is 37.5 Å². The predicted octanol–water partition coefficient (Wildman–Crippen LogP) is 4.52. The Bertz CT molecular complexity index is 760. The lowest BCUT2D eigenvalue weighted by atomic mass is 9.70. The molecular formula is C20H21NO2. The molecule has 0 aromatic heterocycles. The highest BCUT2D eigenvalue weighted by Gasteiger charge is 2.47. The van der Waals surface area contributed by atoms with Crippen molar-refractivity contribution in [2.75, 3.05) is 12.4 Å². The highest BCUT2D eigenvalue weighted by atomic mass is 16.5. The van der Waals surface area contributed by atoms with Gasteiger partial charge in [-0.05, 0) is 53.8 Å². The molecule has 2 aliphatic rings. The van der Waals surface area contributed by atoms with Gasteiger partial charge in [-0.3, -0.25) is 4.79 Å². The van der Waals surface area contributed by atoms with Crippen molar-refractivity contribution in [1.82, 2.24) is 0 Å². The SMILES string of the molecule is COc1cccc(-c2ccc3c(c2)C2(CCCCC2)C(=O)N3)c1. The molecule has 0 bridgehead atoms. The van der Waals surface area contributed by atoms with Crippen LogP contribution in [0.15, 0.2) is 42.5 Å². The standard InChI is InChI=1S/C20H21NO2/c1-23-16-7-5-6-14(12-16)15-8-9-18-17(13-15)20(19(22)21-18)10-3-2-4-11-20/h5-9,12-13H,2-4,10-11H2,1H3,(H,21,22). The summed E-state index contributed by atoms with van der Waals surface area (Å²) in [7, 11) is 1.68. The average Bonchev–Trinajstić information content (AvgIpc) is 2.87. The second-order valence-corrected chi connectivity index (χ2v) is 6.59. The minimum atomic E-state index is -0.303. The Balaban J connectivity index is 1.80. The molecule has 118 valence electrons. The van der Waals surface area contributed by atoms with Crippen LogP contribution < -0.4 is 10.1 Å². The molecule has 1 aliphatic heterocycles. The quantitative estimate of drug-likeness (QED) is 0.886.